The maximum absolute atomic E-state index is 11.2. The van der Waals surface area contributed by atoms with Crippen LogP contribution in [0.5, 0.6) is 0 Å². The van der Waals surface area contributed by atoms with Crippen LogP contribution in [0.4, 0.5) is 4.79 Å². The molecule has 0 aromatic heterocycles. The smallest absolute Gasteiger partial charge is 0.511 e. The minimum Gasteiger partial charge on any atom is -0.569 e. The standard InChI is InChI=1S/C9H17N3O5/c1-7(2)15-9(13)16-8(3)17-10-12(14)11-5-4-6-11/h7-8H,4-6H2,1-3H3. The van der Waals surface area contributed by atoms with Crippen LogP contribution in [0.2, 0.25) is 0 Å². The van der Waals surface area contributed by atoms with Crippen molar-refractivity contribution in [2.75, 3.05) is 13.1 Å². The molecule has 0 N–H and O–H groups in total. The van der Waals surface area contributed by atoms with E-state index in [4.69, 9.17) is 4.74 Å². The van der Waals surface area contributed by atoms with Gasteiger partial charge in [0.2, 0.25) is 5.28 Å². The summed E-state index contributed by atoms with van der Waals surface area (Å²) in [4.78, 5) is 16.1. The van der Waals surface area contributed by atoms with E-state index in [1.807, 2.05) is 0 Å². The second-order valence-electron chi connectivity index (χ2n) is 3.85. The number of nitrogens with zero attached hydrogens (tertiary/aromatic N) is 3. The van der Waals surface area contributed by atoms with Gasteiger partial charge in [0.05, 0.1) is 24.2 Å². The second kappa shape index (κ2) is 6.12. The Balaban J connectivity index is 2.24. The van der Waals surface area contributed by atoms with E-state index in [0.717, 1.165) is 6.42 Å². The van der Waals surface area contributed by atoms with Gasteiger partial charge in [0.25, 0.3) is 6.29 Å². The summed E-state index contributed by atoms with van der Waals surface area (Å²) in [5.41, 5.74) is 0. The fourth-order valence-corrected chi connectivity index (χ4v) is 1.01. The predicted octanol–water partition coefficient (Wildman–Crippen LogP) is 1.41. The van der Waals surface area contributed by atoms with E-state index in [0.29, 0.717) is 18.1 Å². The predicted molar refractivity (Wildman–Crippen MR) is 55.5 cm³/mol. The maximum atomic E-state index is 11.2. The first-order chi connectivity index (χ1) is 7.99. The molecule has 0 spiro atoms. The van der Waals surface area contributed by atoms with Crippen LogP contribution in [0.3, 0.4) is 0 Å². The van der Waals surface area contributed by atoms with Crippen LogP contribution in [0.15, 0.2) is 5.28 Å². The molecule has 17 heavy (non-hydrogen) atoms. The first kappa shape index (κ1) is 13.3. The van der Waals surface area contributed by atoms with E-state index in [2.05, 4.69) is 14.9 Å². The van der Waals surface area contributed by atoms with Crippen LogP contribution in [0.1, 0.15) is 27.2 Å². The van der Waals surface area contributed by atoms with Crippen molar-refractivity contribution in [3.63, 3.8) is 0 Å². The summed E-state index contributed by atoms with van der Waals surface area (Å²) in [5, 5.41) is 15.9. The zero-order valence-electron chi connectivity index (χ0n) is 10.2. The number of rotatable bonds is 5. The summed E-state index contributed by atoms with van der Waals surface area (Å²) in [6, 6.07) is 0. The Bertz CT molecular complexity index is 290. The molecule has 0 aromatic carbocycles. The van der Waals surface area contributed by atoms with Crippen LogP contribution < -0.4 is 0 Å². The lowest BCUT2D eigenvalue weighted by atomic mass is 10.3. The van der Waals surface area contributed by atoms with Gasteiger partial charge in [-0.25, -0.2) is 4.79 Å². The Hall–Kier alpha value is -1.73. The van der Waals surface area contributed by atoms with Gasteiger partial charge in [-0.15, -0.1) is 5.01 Å². The van der Waals surface area contributed by atoms with Crippen LogP contribution in [-0.2, 0) is 14.3 Å². The van der Waals surface area contributed by atoms with Crippen LogP contribution >= 0.6 is 0 Å². The lowest BCUT2D eigenvalue weighted by Crippen LogP contribution is -2.42. The molecule has 0 aliphatic carbocycles. The molecule has 8 heteroatoms. The third-order valence-electron chi connectivity index (χ3n) is 1.93. The van der Waals surface area contributed by atoms with Gasteiger partial charge >= 0.3 is 6.16 Å². The summed E-state index contributed by atoms with van der Waals surface area (Å²) in [6.45, 7) is 6.14. The molecular weight excluding hydrogens is 230 g/mol. The minimum atomic E-state index is -0.973. The quantitative estimate of drug-likeness (QED) is 0.240. The zero-order chi connectivity index (χ0) is 12.8. The van der Waals surface area contributed by atoms with Gasteiger partial charge in [0.1, 0.15) is 0 Å². The minimum absolute atomic E-state index is 0.274. The van der Waals surface area contributed by atoms with Crippen LogP contribution in [-0.4, -0.2) is 41.6 Å². The molecule has 8 nitrogen and oxygen atoms in total. The van der Waals surface area contributed by atoms with Crippen molar-refractivity contribution in [2.45, 2.75) is 39.6 Å². The Kier molecular flexibility index (Phi) is 4.80. The van der Waals surface area contributed by atoms with Gasteiger partial charge < -0.3 is 14.7 Å². The highest BCUT2D eigenvalue weighted by Gasteiger charge is 2.22. The summed E-state index contributed by atoms with van der Waals surface area (Å²) < 4.78 is 9.40. The summed E-state index contributed by atoms with van der Waals surface area (Å²) in [6.07, 6.45) is -1.15. The molecule has 0 radical (unpaired) electrons. The fraction of sp³-hybridized carbons (Fsp3) is 0.889. The van der Waals surface area contributed by atoms with Crippen molar-refractivity contribution < 1.29 is 24.1 Å². The highest BCUT2D eigenvalue weighted by atomic mass is 16.8. The largest absolute Gasteiger partial charge is 0.569 e. The highest BCUT2D eigenvalue weighted by Crippen LogP contribution is 2.06. The number of ether oxygens (including phenoxy) is 2. The topological polar surface area (TPSA) is 86.4 Å². The van der Waals surface area contributed by atoms with Crippen LogP contribution in [0, 0.1) is 5.21 Å². The van der Waals surface area contributed by atoms with Crippen molar-refractivity contribution in [2.24, 2.45) is 5.28 Å². The summed E-state index contributed by atoms with van der Waals surface area (Å²) in [5.74, 6) is 0. The number of hydrogen-bond donors (Lipinski definition) is 0. The lowest BCUT2D eigenvalue weighted by molar-refractivity contribution is -0.724. The molecule has 98 valence electrons. The van der Waals surface area contributed by atoms with Crippen molar-refractivity contribution >= 4 is 6.16 Å². The van der Waals surface area contributed by atoms with Gasteiger partial charge in [0.15, 0.2) is 0 Å². The van der Waals surface area contributed by atoms with E-state index in [1.165, 1.54) is 11.9 Å². The highest BCUT2D eigenvalue weighted by molar-refractivity contribution is 5.60. The van der Waals surface area contributed by atoms with E-state index in [-0.39, 0.29) is 6.10 Å². The molecule has 0 amide bonds. The number of hydrazine groups is 1. The Morgan fingerprint density at radius 1 is 1.35 bits per heavy atom. The number of hydrogen-bond acceptors (Lipinski definition) is 6. The maximum Gasteiger partial charge on any atom is 0.511 e. The van der Waals surface area contributed by atoms with E-state index >= 15 is 0 Å². The second-order valence-corrected chi connectivity index (χ2v) is 3.85. The van der Waals surface area contributed by atoms with Crippen molar-refractivity contribution in [1.29, 1.82) is 0 Å². The van der Waals surface area contributed by atoms with Crippen molar-refractivity contribution in [3.05, 3.63) is 5.21 Å². The Labute approximate surface area is 99.2 Å². The number of carbonyl (C=O) groups excluding carboxylic acids is 1. The molecule has 1 rings (SSSR count). The monoisotopic (exact) mass is 247 g/mol. The summed E-state index contributed by atoms with van der Waals surface area (Å²) in [7, 11) is 0. The Morgan fingerprint density at radius 2 is 2.00 bits per heavy atom. The molecule has 0 saturated carbocycles. The van der Waals surface area contributed by atoms with Crippen molar-refractivity contribution in [1.82, 2.24) is 5.01 Å². The van der Waals surface area contributed by atoms with Gasteiger partial charge in [0, 0.05) is 6.92 Å². The normalized spacial score (nSPS) is 17.4. The fourth-order valence-electron chi connectivity index (χ4n) is 1.01. The molecule has 1 heterocycles. The van der Waals surface area contributed by atoms with Gasteiger partial charge in [-0.1, -0.05) is 0 Å². The van der Waals surface area contributed by atoms with Gasteiger partial charge in [-0.3, -0.25) is 4.84 Å². The molecule has 0 aromatic rings. The third-order valence-corrected chi connectivity index (χ3v) is 1.93. The molecular formula is C9H17N3O5. The average Bonchev–Trinajstić information content (AvgIpc) is 2.10. The third kappa shape index (κ3) is 4.75. The lowest BCUT2D eigenvalue weighted by Gasteiger charge is -2.25. The molecule has 1 aliphatic heterocycles. The molecule has 1 atom stereocenters. The molecule has 1 fully saturated rings. The first-order valence-corrected chi connectivity index (χ1v) is 5.45. The first-order valence-electron chi connectivity index (χ1n) is 5.45. The Morgan fingerprint density at radius 3 is 2.47 bits per heavy atom. The average molecular weight is 247 g/mol. The van der Waals surface area contributed by atoms with Crippen molar-refractivity contribution in [3.8, 4) is 0 Å². The van der Waals surface area contributed by atoms with Crippen LogP contribution in [0.25, 0.3) is 0 Å². The molecule has 1 aliphatic rings. The van der Waals surface area contributed by atoms with Gasteiger partial charge in [-0.05, 0) is 20.3 Å². The molecule has 1 saturated heterocycles. The van der Waals surface area contributed by atoms with E-state index < -0.39 is 12.4 Å². The van der Waals surface area contributed by atoms with Gasteiger partial charge in [-0.2, -0.15) is 0 Å². The SMILES string of the molecule is CC(C)OC(=O)OC(C)ON=[N+]([O-])N1CCC1. The zero-order valence-corrected chi connectivity index (χ0v) is 10.2. The number of carbonyl (C=O) groups is 1. The molecule has 0 bridgehead atoms. The van der Waals surface area contributed by atoms with E-state index in [1.54, 1.807) is 13.8 Å². The molecule has 1 unspecified atom stereocenters. The van der Waals surface area contributed by atoms with E-state index in [9.17, 15) is 10.0 Å². The summed E-state index contributed by atoms with van der Waals surface area (Å²) >= 11 is 0.